The highest BCUT2D eigenvalue weighted by atomic mass is 16.6. The molecule has 0 saturated carbocycles. The zero-order valence-corrected chi connectivity index (χ0v) is 18.8. The van der Waals surface area contributed by atoms with Crippen LogP contribution in [0.2, 0.25) is 0 Å². The number of esters is 3. The Bertz CT molecular complexity index is 435. The van der Waals surface area contributed by atoms with Crippen molar-refractivity contribution in [2.45, 2.75) is 116 Å². The van der Waals surface area contributed by atoms with Gasteiger partial charge in [0.05, 0.1) is 7.11 Å². The van der Waals surface area contributed by atoms with Gasteiger partial charge in [0, 0.05) is 20.3 Å². The first kappa shape index (κ1) is 27.4. The van der Waals surface area contributed by atoms with E-state index in [0.29, 0.717) is 6.42 Å². The topological polar surface area (TPSA) is 78.9 Å². The minimum atomic E-state index is -0.347. The average molecular weight is 415 g/mol. The normalized spacial score (nSPS) is 11.7. The molecule has 0 aromatic heterocycles. The van der Waals surface area contributed by atoms with Crippen LogP contribution in [0.3, 0.4) is 0 Å². The summed E-state index contributed by atoms with van der Waals surface area (Å²) in [5.74, 6) is -0.778. The smallest absolute Gasteiger partial charge is 0.305 e. The first-order chi connectivity index (χ1) is 14.0. The highest BCUT2D eigenvalue weighted by Gasteiger charge is 2.13. The molecule has 0 saturated heterocycles. The first-order valence-electron chi connectivity index (χ1n) is 11.3. The maximum Gasteiger partial charge on any atom is 0.305 e. The second kappa shape index (κ2) is 19.7. The summed E-state index contributed by atoms with van der Waals surface area (Å²) in [5.41, 5.74) is 0. The van der Waals surface area contributed by atoms with Crippen LogP contribution in [0.25, 0.3) is 0 Å². The van der Waals surface area contributed by atoms with E-state index in [1.54, 1.807) is 0 Å². The van der Waals surface area contributed by atoms with Crippen molar-refractivity contribution >= 4 is 17.9 Å². The third-order valence-electron chi connectivity index (χ3n) is 4.94. The molecule has 1 unspecified atom stereocenters. The van der Waals surface area contributed by atoms with Crippen LogP contribution in [0.4, 0.5) is 0 Å². The Labute approximate surface area is 177 Å². The quantitative estimate of drug-likeness (QED) is 0.158. The standard InChI is InChI=1S/C23H42O6/c1-20(24)28-19-22(29-21(2)25)17-15-13-11-9-7-5-4-6-8-10-12-14-16-18-23(26)27-3/h22H,4-19H2,1-3H3. The van der Waals surface area contributed by atoms with Crippen LogP contribution >= 0.6 is 0 Å². The van der Waals surface area contributed by atoms with Gasteiger partial charge in [-0.2, -0.15) is 0 Å². The molecule has 0 spiro atoms. The van der Waals surface area contributed by atoms with E-state index in [0.717, 1.165) is 32.1 Å². The van der Waals surface area contributed by atoms with E-state index in [2.05, 4.69) is 4.74 Å². The van der Waals surface area contributed by atoms with Crippen LogP contribution in [0.5, 0.6) is 0 Å². The number of ether oxygens (including phenoxy) is 3. The van der Waals surface area contributed by atoms with Crippen LogP contribution in [-0.4, -0.2) is 37.7 Å². The van der Waals surface area contributed by atoms with E-state index in [1.807, 2.05) is 0 Å². The second-order valence-electron chi connectivity index (χ2n) is 7.75. The lowest BCUT2D eigenvalue weighted by molar-refractivity contribution is -0.156. The Morgan fingerprint density at radius 1 is 0.655 bits per heavy atom. The lowest BCUT2D eigenvalue weighted by Crippen LogP contribution is -2.23. The van der Waals surface area contributed by atoms with Crippen molar-refractivity contribution in [2.75, 3.05) is 13.7 Å². The highest BCUT2D eigenvalue weighted by molar-refractivity contribution is 5.69. The molecule has 29 heavy (non-hydrogen) atoms. The van der Waals surface area contributed by atoms with Crippen molar-refractivity contribution in [1.29, 1.82) is 0 Å². The number of carbonyl (C=O) groups is 3. The molecule has 0 radical (unpaired) electrons. The SMILES string of the molecule is COC(=O)CCCCCCCCCCCCCCCC(COC(C)=O)OC(C)=O. The number of hydrogen-bond donors (Lipinski definition) is 0. The molecule has 0 amide bonds. The van der Waals surface area contributed by atoms with E-state index in [9.17, 15) is 14.4 Å². The number of methoxy groups -OCH3 is 1. The van der Waals surface area contributed by atoms with Crippen LogP contribution in [0.15, 0.2) is 0 Å². The number of carbonyl (C=O) groups excluding carboxylic acids is 3. The number of hydrogen-bond acceptors (Lipinski definition) is 6. The average Bonchev–Trinajstić information content (AvgIpc) is 2.68. The fraction of sp³-hybridized carbons (Fsp3) is 0.870. The third kappa shape index (κ3) is 20.9. The van der Waals surface area contributed by atoms with Crippen molar-refractivity contribution in [1.82, 2.24) is 0 Å². The molecule has 0 aliphatic rings. The summed E-state index contributed by atoms with van der Waals surface area (Å²) in [5, 5.41) is 0. The molecule has 0 aliphatic heterocycles. The van der Waals surface area contributed by atoms with E-state index in [1.165, 1.54) is 78.7 Å². The van der Waals surface area contributed by atoms with Crippen molar-refractivity contribution < 1.29 is 28.6 Å². The molecule has 0 bridgehead atoms. The Hall–Kier alpha value is -1.59. The van der Waals surface area contributed by atoms with Crippen LogP contribution < -0.4 is 0 Å². The highest BCUT2D eigenvalue weighted by Crippen LogP contribution is 2.14. The molecule has 1 atom stereocenters. The van der Waals surface area contributed by atoms with Gasteiger partial charge < -0.3 is 14.2 Å². The number of unbranched alkanes of at least 4 members (excludes halogenated alkanes) is 12. The van der Waals surface area contributed by atoms with E-state index in [4.69, 9.17) is 9.47 Å². The van der Waals surface area contributed by atoms with Gasteiger partial charge in [-0.15, -0.1) is 0 Å². The Morgan fingerprint density at radius 3 is 1.52 bits per heavy atom. The minimum Gasteiger partial charge on any atom is -0.469 e. The van der Waals surface area contributed by atoms with Gasteiger partial charge in [-0.3, -0.25) is 14.4 Å². The molecular weight excluding hydrogens is 372 g/mol. The van der Waals surface area contributed by atoms with Gasteiger partial charge in [0.15, 0.2) is 0 Å². The maximum atomic E-state index is 11.1. The predicted molar refractivity (Wildman–Crippen MR) is 113 cm³/mol. The summed E-state index contributed by atoms with van der Waals surface area (Å²) >= 11 is 0. The van der Waals surface area contributed by atoms with Crippen LogP contribution in [0.1, 0.15) is 110 Å². The largest absolute Gasteiger partial charge is 0.469 e. The van der Waals surface area contributed by atoms with Crippen LogP contribution in [0, 0.1) is 0 Å². The second-order valence-corrected chi connectivity index (χ2v) is 7.75. The molecule has 0 aromatic carbocycles. The van der Waals surface area contributed by atoms with Gasteiger partial charge in [-0.25, -0.2) is 0 Å². The van der Waals surface area contributed by atoms with Crippen molar-refractivity contribution in [3.05, 3.63) is 0 Å². The molecule has 0 rings (SSSR count). The summed E-state index contributed by atoms with van der Waals surface area (Å²) in [6, 6.07) is 0. The third-order valence-corrected chi connectivity index (χ3v) is 4.94. The van der Waals surface area contributed by atoms with Crippen molar-refractivity contribution in [2.24, 2.45) is 0 Å². The molecule has 0 fully saturated rings. The fourth-order valence-corrected chi connectivity index (χ4v) is 3.31. The fourth-order valence-electron chi connectivity index (χ4n) is 3.31. The summed E-state index contributed by atoms with van der Waals surface area (Å²) in [6.07, 6.45) is 16.5. The van der Waals surface area contributed by atoms with Crippen LogP contribution in [-0.2, 0) is 28.6 Å². The summed E-state index contributed by atoms with van der Waals surface area (Å²) < 4.78 is 14.8. The van der Waals surface area contributed by atoms with Crippen molar-refractivity contribution in [3.8, 4) is 0 Å². The van der Waals surface area contributed by atoms with Crippen molar-refractivity contribution in [3.63, 3.8) is 0 Å². The molecule has 0 N–H and O–H groups in total. The van der Waals surface area contributed by atoms with Gasteiger partial charge in [0.1, 0.15) is 12.7 Å². The molecule has 170 valence electrons. The Kier molecular flexibility index (Phi) is 18.6. The Balaban J connectivity index is 3.39. The van der Waals surface area contributed by atoms with Gasteiger partial charge in [0.2, 0.25) is 0 Å². The zero-order valence-electron chi connectivity index (χ0n) is 18.8. The molecule has 0 heterocycles. The van der Waals surface area contributed by atoms with Gasteiger partial charge in [-0.05, 0) is 19.3 Å². The molecular formula is C23H42O6. The summed E-state index contributed by atoms with van der Waals surface area (Å²) in [6.45, 7) is 2.89. The molecule has 6 heteroatoms. The van der Waals surface area contributed by atoms with E-state index in [-0.39, 0.29) is 30.6 Å². The predicted octanol–water partition coefficient (Wildman–Crippen LogP) is 5.51. The van der Waals surface area contributed by atoms with Gasteiger partial charge in [0.25, 0.3) is 0 Å². The van der Waals surface area contributed by atoms with E-state index >= 15 is 0 Å². The first-order valence-corrected chi connectivity index (χ1v) is 11.3. The zero-order chi connectivity index (χ0) is 21.7. The molecule has 0 aliphatic carbocycles. The van der Waals surface area contributed by atoms with Gasteiger partial charge >= 0.3 is 17.9 Å². The van der Waals surface area contributed by atoms with Gasteiger partial charge in [-0.1, -0.05) is 70.6 Å². The number of rotatable bonds is 19. The Morgan fingerprint density at radius 2 is 1.10 bits per heavy atom. The lowest BCUT2D eigenvalue weighted by Gasteiger charge is -2.16. The minimum absolute atomic E-state index is 0.101. The maximum absolute atomic E-state index is 11.1. The lowest BCUT2D eigenvalue weighted by atomic mass is 10.0. The molecule has 0 aromatic rings. The molecule has 6 nitrogen and oxygen atoms in total. The van der Waals surface area contributed by atoms with E-state index < -0.39 is 0 Å². The summed E-state index contributed by atoms with van der Waals surface area (Å²) in [7, 11) is 1.44. The summed E-state index contributed by atoms with van der Waals surface area (Å²) in [4.78, 5) is 33.0. The monoisotopic (exact) mass is 414 g/mol.